The number of furan rings is 1. The molecule has 0 bridgehead atoms. The van der Waals surface area contributed by atoms with Crippen LogP contribution in [0.25, 0.3) is 0 Å². The fraction of sp³-hybridized carbons (Fsp3) is 0.458. The Morgan fingerprint density at radius 3 is 2.53 bits per heavy atom. The third-order valence-electron chi connectivity index (χ3n) is 5.65. The van der Waals surface area contributed by atoms with Crippen molar-refractivity contribution in [1.29, 1.82) is 0 Å². The number of ether oxygens (including phenoxy) is 1. The maximum Gasteiger partial charge on any atom is 0.257 e. The third-order valence-corrected chi connectivity index (χ3v) is 5.65. The highest BCUT2D eigenvalue weighted by atomic mass is 16.5. The minimum atomic E-state index is -0.465. The van der Waals surface area contributed by atoms with E-state index in [0.29, 0.717) is 38.2 Å². The zero-order valence-corrected chi connectivity index (χ0v) is 18.7. The van der Waals surface area contributed by atoms with Crippen LogP contribution in [0.4, 0.5) is 0 Å². The standard InChI is InChI=1S/C24H31N3O5/c1-3-25(4-2)23(29)18-32-21-14-26(12-10-19-8-6-5-7-9-19)22(28)16-27(15-21)24(30)20-11-13-31-17-20/h5-9,11,13,17,21H,3-4,10,12,14-16,18H2,1-2H3/t21-/m0/s1. The fourth-order valence-corrected chi connectivity index (χ4v) is 3.79. The van der Waals surface area contributed by atoms with E-state index in [0.717, 1.165) is 5.56 Å². The van der Waals surface area contributed by atoms with Crippen LogP contribution in [0.15, 0.2) is 53.3 Å². The first-order chi connectivity index (χ1) is 15.5. The van der Waals surface area contributed by atoms with Gasteiger partial charge in [0.15, 0.2) is 0 Å². The molecular formula is C24H31N3O5. The van der Waals surface area contributed by atoms with Crippen molar-refractivity contribution in [3.8, 4) is 0 Å². The van der Waals surface area contributed by atoms with Crippen molar-refractivity contribution in [3.05, 3.63) is 60.1 Å². The molecule has 0 unspecified atom stereocenters. The molecule has 1 saturated heterocycles. The molecule has 1 aliphatic rings. The van der Waals surface area contributed by atoms with E-state index in [1.807, 2.05) is 44.2 Å². The molecule has 2 aromatic rings. The second kappa shape index (κ2) is 11.5. The molecule has 1 atom stereocenters. The van der Waals surface area contributed by atoms with Crippen LogP contribution in [0.2, 0.25) is 0 Å². The predicted octanol–water partition coefficient (Wildman–Crippen LogP) is 2.06. The maximum absolute atomic E-state index is 13.0. The number of hydrogen-bond acceptors (Lipinski definition) is 5. The van der Waals surface area contributed by atoms with Gasteiger partial charge in [-0.05, 0) is 31.9 Å². The number of rotatable bonds is 9. The third kappa shape index (κ3) is 6.20. The summed E-state index contributed by atoms with van der Waals surface area (Å²) in [5.41, 5.74) is 1.51. The molecule has 1 fully saturated rings. The number of carbonyl (C=O) groups excluding carboxylic acids is 3. The average Bonchev–Trinajstić information content (AvgIpc) is 3.29. The first-order valence-electron chi connectivity index (χ1n) is 11.0. The van der Waals surface area contributed by atoms with Crippen molar-refractivity contribution in [2.24, 2.45) is 0 Å². The second-order valence-corrected chi connectivity index (χ2v) is 7.77. The van der Waals surface area contributed by atoms with E-state index in [-0.39, 0.29) is 37.4 Å². The lowest BCUT2D eigenvalue weighted by atomic mass is 10.1. The van der Waals surface area contributed by atoms with E-state index in [9.17, 15) is 14.4 Å². The summed E-state index contributed by atoms with van der Waals surface area (Å²) in [5, 5.41) is 0. The zero-order valence-electron chi connectivity index (χ0n) is 18.7. The van der Waals surface area contributed by atoms with Crippen LogP contribution >= 0.6 is 0 Å². The molecule has 3 amide bonds. The Morgan fingerprint density at radius 1 is 1.12 bits per heavy atom. The van der Waals surface area contributed by atoms with Crippen molar-refractivity contribution >= 4 is 17.7 Å². The van der Waals surface area contributed by atoms with E-state index >= 15 is 0 Å². The summed E-state index contributed by atoms with van der Waals surface area (Å²) in [6.45, 7) is 6.00. The van der Waals surface area contributed by atoms with E-state index in [1.165, 1.54) is 17.4 Å². The maximum atomic E-state index is 13.0. The van der Waals surface area contributed by atoms with Gasteiger partial charge in [-0.3, -0.25) is 14.4 Å². The van der Waals surface area contributed by atoms with E-state index in [2.05, 4.69) is 0 Å². The normalized spacial score (nSPS) is 16.7. The van der Waals surface area contributed by atoms with Crippen LogP contribution in [0.3, 0.4) is 0 Å². The number of likely N-dealkylation sites (N-methyl/N-ethyl adjacent to an activating group) is 1. The first-order valence-corrected chi connectivity index (χ1v) is 11.0. The van der Waals surface area contributed by atoms with E-state index in [1.54, 1.807) is 15.9 Å². The summed E-state index contributed by atoms with van der Waals surface area (Å²) >= 11 is 0. The Hall–Kier alpha value is -3.13. The highest BCUT2D eigenvalue weighted by Crippen LogP contribution is 2.14. The zero-order chi connectivity index (χ0) is 22.9. The van der Waals surface area contributed by atoms with Crippen molar-refractivity contribution in [2.75, 3.05) is 45.9 Å². The molecule has 172 valence electrons. The molecule has 0 radical (unpaired) electrons. The summed E-state index contributed by atoms with van der Waals surface area (Å²) in [6, 6.07) is 11.5. The highest BCUT2D eigenvalue weighted by molar-refractivity contribution is 5.96. The summed E-state index contributed by atoms with van der Waals surface area (Å²) in [4.78, 5) is 43.2. The molecule has 0 N–H and O–H groups in total. The van der Waals surface area contributed by atoms with Gasteiger partial charge in [0.25, 0.3) is 5.91 Å². The van der Waals surface area contributed by atoms with Gasteiger partial charge in [-0.2, -0.15) is 0 Å². The molecule has 1 aliphatic heterocycles. The minimum Gasteiger partial charge on any atom is -0.472 e. The topological polar surface area (TPSA) is 83.3 Å². The Balaban J connectivity index is 1.71. The van der Waals surface area contributed by atoms with Crippen LogP contribution in [0, 0.1) is 0 Å². The molecule has 8 heteroatoms. The number of hydrogen-bond donors (Lipinski definition) is 0. The molecular weight excluding hydrogens is 410 g/mol. The number of carbonyl (C=O) groups is 3. The lowest BCUT2D eigenvalue weighted by Crippen LogP contribution is -2.41. The van der Waals surface area contributed by atoms with Gasteiger partial charge < -0.3 is 23.9 Å². The van der Waals surface area contributed by atoms with Crippen molar-refractivity contribution in [1.82, 2.24) is 14.7 Å². The number of amides is 3. The molecule has 0 spiro atoms. The van der Waals surface area contributed by atoms with Gasteiger partial charge in [-0.15, -0.1) is 0 Å². The summed E-state index contributed by atoms with van der Waals surface area (Å²) in [6.07, 6.45) is 3.03. The van der Waals surface area contributed by atoms with E-state index in [4.69, 9.17) is 9.15 Å². The smallest absolute Gasteiger partial charge is 0.257 e. The van der Waals surface area contributed by atoms with Crippen LogP contribution in [-0.4, -0.2) is 84.4 Å². The monoisotopic (exact) mass is 441 g/mol. The summed E-state index contributed by atoms with van der Waals surface area (Å²) < 4.78 is 11.0. The highest BCUT2D eigenvalue weighted by Gasteiger charge is 2.32. The van der Waals surface area contributed by atoms with E-state index < -0.39 is 6.10 Å². The molecule has 1 aromatic heterocycles. The molecule has 8 nitrogen and oxygen atoms in total. The fourth-order valence-electron chi connectivity index (χ4n) is 3.79. The molecule has 1 aromatic carbocycles. The molecule has 0 aliphatic carbocycles. The average molecular weight is 442 g/mol. The molecule has 3 rings (SSSR count). The quantitative estimate of drug-likeness (QED) is 0.595. The van der Waals surface area contributed by atoms with Gasteiger partial charge in [0.1, 0.15) is 19.4 Å². The number of nitrogens with zero attached hydrogens (tertiary/aromatic N) is 3. The van der Waals surface area contributed by atoms with Crippen LogP contribution in [-0.2, 0) is 20.7 Å². The summed E-state index contributed by atoms with van der Waals surface area (Å²) in [5.74, 6) is -0.534. The van der Waals surface area contributed by atoms with Crippen molar-refractivity contribution in [2.45, 2.75) is 26.4 Å². The Bertz CT molecular complexity index is 880. The van der Waals surface area contributed by atoms with Gasteiger partial charge in [0, 0.05) is 32.7 Å². The summed E-state index contributed by atoms with van der Waals surface area (Å²) in [7, 11) is 0. The Labute approximate surface area is 188 Å². The predicted molar refractivity (Wildman–Crippen MR) is 119 cm³/mol. The number of benzene rings is 1. The Morgan fingerprint density at radius 2 is 1.88 bits per heavy atom. The van der Waals surface area contributed by atoms with Gasteiger partial charge in [-0.1, -0.05) is 30.3 Å². The second-order valence-electron chi connectivity index (χ2n) is 7.77. The minimum absolute atomic E-state index is 0.0390. The van der Waals surface area contributed by atoms with Gasteiger partial charge in [0.2, 0.25) is 11.8 Å². The molecule has 2 heterocycles. The van der Waals surface area contributed by atoms with Crippen LogP contribution < -0.4 is 0 Å². The largest absolute Gasteiger partial charge is 0.472 e. The van der Waals surface area contributed by atoms with Gasteiger partial charge in [0.05, 0.1) is 17.9 Å². The first kappa shape index (κ1) is 23.5. The molecule has 32 heavy (non-hydrogen) atoms. The molecule has 0 saturated carbocycles. The lowest BCUT2D eigenvalue weighted by molar-refractivity contribution is -0.138. The van der Waals surface area contributed by atoms with Crippen molar-refractivity contribution < 1.29 is 23.5 Å². The Kier molecular flexibility index (Phi) is 8.44. The van der Waals surface area contributed by atoms with Gasteiger partial charge in [-0.25, -0.2) is 0 Å². The lowest BCUT2D eigenvalue weighted by Gasteiger charge is -2.26. The van der Waals surface area contributed by atoms with Crippen LogP contribution in [0.1, 0.15) is 29.8 Å². The van der Waals surface area contributed by atoms with Crippen LogP contribution in [0.5, 0.6) is 0 Å². The van der Waals surface area contributed by atoms with Gasteiger partial charge >= 0.3 is 0 Å². The SMILES string of the molecule is CCN(CC)C(=O)CO[C@H]1CN(CCc2ccccc2)C(=O)CN(C(=O)c2ccoc2)C1. The van der Waals surface area contributed by atoms with Crippen molar-refractivity contribution in [3.63, 3.8) is 0 Å².